The molecule has 1 aliphatic rings. The molecule has 7 nitrogen and oxygen atoms in total. The predicted molar refractivity (Wildman–Crippen MR) is 85.8 cm³/mol. The van der Waals surface area contributed by atoms with Crippen molar-refractivity contribution in [3.05, 3.63) is 40.8 Å². The van der Waals surface area contributed by atoms with Gasteiger partial charge in [-0.2, -0.15) is 5.10 Å². The minimum absolute atomic E-state index is 0.0186. The van der Waals surface area contributed by atoms with Gasteiger partial charge in [0.2, 0.25) is 5.91 Å². The van der Waals surface area contributed by atoms with Gasteiger partial charge < -0.3 is 4.90 Å². The minimum Gasteiger partial charge on any atom is -0.340 e. The highest BCUT2D eigenvalue weighted by Crippen LogP contribution is 2.16. The van der Waals surface area contributed by atoms with Gasteiger partial charge in [-0.15, -0.1) is 0 Å². The summed E-state index contributed by atoms with van der Waals surface area (Å²) in [7, 11) is -1.49. The Kier molecular flexibility index (Phi) is 3.93. The van der Waals surface area contributed by atoms with E-state index in [4.69, 9.17) is 0 Å². The Bertz CT molecular complexity index is 920. The van der Waals surface area contributed by atoms with E-state index in [2.05, 4.69) is 5.10 Å². The highest BCUT2D eigenvalue weighted by Gasteiger charge is 2.32. The maximum absolute atomic E-state index is 12.3. The summed E-state index contributed by atoms with van der Waals surface area (Å²) in [6.45, 7) is -0.198. The molecule has 0 spiro atoms. The molecule has 1 atom stereocenters. The first-order chi connectivity index (χ1) is 10.9. The third-order valence-electron chi connectivity index (χ3n) is 4.20. The molecular formula is C15H17N3O4S. The second kappa shape index (κ2) is 5.77. The molecule has 0 aliphatic carbocycles. The monoisotopic (exact) mass is 335 g/mol. The average Bonchev–Trinajstić information content (AvgIpc) is 2.89. The van der Waals surface area contributed by atoms with E-state index in [9.17, 15) is 18.0 Å². The number of aromatic nitrogens is 2. The molecule has 1 aromatic heterocycles. The lowest BCUT2D eigenvalue weighted by molar-refractivity contribution is -0.132. The molecule has 1 aromatic carbocycles. The molecule has 23 heavy (non-hydrogen) atoms. The molecule has 1 aliphatic heterocycles. The van der Waals surface area contributed by atoms with Crippen molar-refractivity contribution in [2.45, 2.75) is 19.0 Å². The molecule has 122 valence electrons. The van der Waals surface area contributed by atoms with Crippen molar-refractivity contribution >= 4 is 26.5 Å². The second-order valence-electron chi connectivity index (χ2n) is 5.76. The Labute approximate surface area is 133 Å². The van der Waals surface area contributed by atoms with Crippen LogP contribution in [-0.2, 0) is 21.2 Å². The number of carbonyl (C=O) groups is 1. The van der Waals surface area contributed by atoms with Crippen molar-refractivity contribution < 1.29 is 13.2 Å². The lowest BCUT2D eigenvalue weighted by Crippen LogP contribution is -2.41. The van der Waals surface area contributed by atoms with Crippen LogP contribution in [0.4, 0.5) is 0 Å². The van der Waals surface area contributed by atoms with Gasteiger partial charge in [0.15, 0.2) is 9.84 Å². The lowest BCUT2D eigenvalue weighted by Gasteiger charge is -2.23. The van der Waals surface area contributed by atoms with Gasteiger partial charge in [0.25, 0.3) is 5.56 Å². The molecule has 1 amide bonds. The number of rotatable bonds is 3. The Morgan fingerprint density at radius 3 is 2.83 bits per heavy atom. The van der Waals surface area contributed by atoms with Gasteiger partial charge in [-0.3, -0.25) is 9.59 Å². The number of carbonyl (C=O) groups excluding carboxylic acids is 1. The van der Waals surface area contributed by atoms with E-state index < -0.39 is 9.84 Å². The normalized spacial score (nSPS) is 19.8. The molecule has 1 fully saturated rings. The Morgan fingerprint density at radius 1 is 1.39 bits per heavy atom. The SMILES string of the molecule is CN(C(=O)Cn1ncc2ccccc2c1=O)[C@@H]1CCS(=O)(=O)C1. The maximum Gasteiger partial charge on any atom is 0.275 e. The second-order valence-corrected chi connectivity index (χ2v) is 7.98. The quantitative estimate of drug-likeness (QED) is 0.790. The third-order valence-corrected chi connectivity index (χ3v) is 5.95. The van der Waals surface area contributed by atoms with Gasteiger partial charge in [0, 0.05) is 18.5 Å². The number of amides is 1. The summed E-state index contributed by atoms with van der Waals surface area (Å²) in [4.78, 5) is 26.1. The topological polar surface area (TPSA) is 89.3 Å². The van der Waals surface area contributed by atoms with Crippen LogP contribution in [0.1, 0.15) is 6.42 Å². The summed E-state index contributed by atoms with van der Waals surface area (Å²) in [6.07, 6.45) is 1.98. The fraction of sp³-hybridized carbons (Fsp3) is 0.400. The maximum atomic E-state index is 12.3. The van der Waals surface area contributed by atoms with Crippen LogP contribution in [0.3, 0.4) is 0 Å². The highest BCUT2D eigenvalue weighted by atomic mass is 32.2. The van der Waals surface area contributed by atoms with Gasteiger partial charge in [0.05, 0.1) is 23.1 Å². The number of benzene rings is 1. The average molecular weight is 335 g/mol. The fourth-order valence-corrected chi connectivity index (χ4v) is 4.54. The molecule has 0 unspecified atom stereocenters. The van der Waals surface area contributed by atoms with Gasteiger partial charge in [0.1, 0.15) is 6.54 Å². The van der Waals surface area contributed by atoms with Crippen LogP contribution >= 0.6 is 0 Å². The molecule has 2 heterocycles. The molecule has 0 N–H and O–H groups in total. The van der Waals surface area contributed by atoms with Gasteiger partial charge >= 0.3 is 0 Å². The zero-order valence-electron chi connectivity index (χ0n) is 12.7. The largest absolute Gasteiger partial charge is 0.340 e. The molecule has 2 aromatic rings. The molecule has 0 radical (unpaired) electrons. The lowest BCUT2D eigenvalue weighted by atomic mass is 10.2. The Morgan fingerprint density at radius 2 is 2.13 bits per heavy atom. The fourth-order valence-electron chi connectivity index (χ4n) is 2.76. The molecule has 1 saturated heterocycles. The Hall–Kier alpha value is -2.22. The molecular weight excluding hydrogens is 318 g/mol. The van der Waals surface area contributed by atoms with Crippen molar-refractivity contribution in [1.82, 2.24) is 14.7 Å². The summed E-state index contributed by atoms with van der Waals surface area (Å²) < 4.78 is 24.2. The summed E-state index contributed by atoms with van der Waals surface area (Å²) >= 11 is 0. The standard InChI is InChI=1S/C15H17N3O4S/c1-17(12-6-7-23(21,22)10-12)14(19)9-18-15(20)13-5-3-2-4-11(13)8-16-18/h2-5,8,12H,6-7,9-10H2,1H3/t12-/m1/s1. The van der Waals surface area contributed by atoms with E-state index in [1.807, 2.05) is 6.07 Å². The molecule has 3 rings (SSSR count). The molecule has 8 heteroatoms. The van der Waals surface area contributed by atoms with Crippen molar-refractivity contribution in [3.63, 3.8) is 0 Å². The summed E-state index contributed by atoms with van der Waals surface area (Å²) in [6, 6.07) is 6.71. The van der Waals surface area contributed by atoms with Crippen LogP contribution in [0.15, 0.2) is 35.3 Å². The minimum atomic E-state index is -3.06. The number of sulfone groups is 1. The zero-order valence-corrected chi connectivity index (χ0v) is 13.5. The van der Waals surface area contributed by atoms with Crippen LogP contribution in [-0.4, -0.2) is 53.6 Å². The van der Waals surface area contributed by atoms with Crippen molar-refractivity contribution in [2.24, 2.45) is 0 Å². The summed E-state index contributed by atoms with van der Waals surface area (Å²) in [5.74, 6) is -0.240. The zero-order chi connectivity index (χ0) is 16.6. The summed E-state index contributed by atoms with van der Waals surface area (Å²) in [5, 5.41) is 5.24. The van der Waals surface area contributed by atoms with E-state index in [-0.39, 0.29) is 35.6 Å². The van der Waals surface area contributed by atoms with Gasteiger partial charge in [-0.05, 0) is 12.5 Å². The van der Waals surface area contributed by atoms with Crippen LogP contribution < -0.4 is 5.56 Å². The number of fused-ring (bicyclic) bond motifs is 1. The van der Waals surface area contributed by atoms with Crippen LogP contribution in [0, 0.1) is 0 Å². The first kappa shape index (κ1) is 15.7. The van der Waals surface area contributed by atoms with E-state index in [1.165, 1.54) is 4.90 Å². The highest BCUT2D eigenvalue weighted by molar-refractivity contribution is 7.91. The van der Waals surface area contributed by atoms with Crippen LogP contribution in [0.2, 0.25) is 0 Å². The first-order valence-corrected chi connectivity index (χ1v) is 9.10. The number of nitrogens with zero attached hydrogens (tertiary/aromatic N) is 3. The van der Waals surface area contributed by atoms with E-state index in [0.29, 0.717) is 11.8 Å². The molecule has 0 bridgehead atoms. The number of likely N-dealkylation sites (N-methyl/N-ethyl adjacent to an activating group) is 1. The van der Waals surface area contributed by atoms with Crippen molar-refractivity contribution in [3.8, 4) is 0 Å². The van der Waals surface area contributed by atoms with Gasteiger partial charge in [-0.25, -0.2) is 13.1 Å². The van der Waals surface area contributed by atoms with E-state index >= 15 is 0 Å². The number of hydrogen-bond donors (Lipinski definition) is 0. The van der Waals surface area contributed by atoms with Crippen LogP contribution in [0.25, 0.3) is 10.8 Å². The number of hydrogen-bond acceptors (Lipinski definition) is 5. The summed E-state index contributed by atoms with van der Waals surface area (Å²) in [5.41, 5.74) is -0.330. The third kappa shape index (κ3) is 3.12. The van der Waals surface area contributed by atoms with E-state index in [1.54, 1.807) is 31.4 Å². The predicted octanol–water partition coefficient (Wildman–Crippen LogP) is 0.0420. The first-order valence-electron chi connectivity index (χ1n) is 7.28. The molecule has 0 saturated carbocycles. The van der Waals surface area contributed by atoms with Crippen molar-refractivity contribution in [1.29, 1.82) is 0 Å². The van der Waals surface area contributed by atoms with Crippen LogP contribution in [0.5, 0.6) is 0 Å². The van der Waals surface area contributed by atoms with E-state index in [0.717, 1.165) is 10.1 Å². The van der Waals surface area contributed by atoms with Crippen molar-refractivity contribution in [2.75, 3.05) is 18.6 Å². The van der Waals surface area contributed by atoms with Gasteiger partial charge in [-0.1, -0.05) is 18.2 Å². The smallest absolute Gasteiger partial charge is 0.275 e. The Balaban J connectivity index is 1.80.